The number of carbonyl (C=O) groups excluding carboxylic acids is 1. The van der Waals surface area contributed by atoms with E-state index in [-0.39, 0.29) is 5.91 Å². The fourth-order valence-electron chi connectivity index (χ4n) is 3.36. The molecule has 3 fully saturated rings. The number of nitrogens with one attached hydrogen (secondary N) is 1. The zero-order valence-electron chi connectivity index (χ0n) is 13.0. The first-order chi connectivity index (χ1) is 10.8. The van der Waals surface area contributed by atoms with Gasteiger partial charge in [0.1, 0.15) is 0 Å². The van der Waals surface area contributed by atoms with Crippen LogP contribution in [0.5, 0.6) is 0 Å². The van der Waals surface area contributed by atoms with Gasteiger partial charge in [0.25, 0.3) is 5.91 Å². The maximum Gasteiger partial charge on any atom is 0.252 e. The Labute approximate surface area is 135 Å². The fourth-order valence-corrected chi connectivity index (χ4v) is 4.04. The lowest BCUT2D eigenvalue weighted by atomic mass is 9.84. The Morgan fingerprint density at radius 3 is 2.91 bits per heavy atom. The molecule has 0 spiro atoms. The highest BCUT2D eigenvalue weighted by Crippen LogP contribution is 2.27. The topological polar surface area (TPSA) is 44.7 Å². The van der Waals surface area contributed by atoms with Gasteiger partial charge < -0.3 is 10.2 Å². The second-order valence-electron chi connectivity index (χ2n) is 6.10. The molecule has 3 saturated heterocycles. The summed E-state index contributed by atoms with van der Waals surface area (Å²) in [5.41, 5.74) is 1.91. The van der Waals surface area contributed by atoms with Crippen LogP contribution in [-0.2, 0) is 11.2 Å². The Hall–Kier alpha value is -1.46. The van der Waals surface area contributed by atoms with E-state index in [1.54, 1.807) is 24.6 Å². The maximum atomic E-state index is 12.6. The van der Waals surface area contributed by atoms with Crippen molar-refractivity contribution in [3.8, 4) is 0 Å². The molecule has 118 valence electrons. The van der Waals surface area contributed by atoms with Crippen LogP contribution in [0, 0.1) is 5.92 Å². The summed E-state index contributed by atoms with van der Waals surface area (Å²) >= 11 is 1.68. The lowest BCUT2D eigenvalue weighted by molar-refractivity contribution is -0.119. The van der Waals surface area contributed by atoms with E-state index in [9.17, 15) is 4.79 Å². The number of hydrogen-bond acceptors (Lipinski definition) is 4. The number of allylic oxidation sites excluding steroid dienone is 1. The van der Waals surface area contributed by atoms with E-state index in [0.717, 1.165) is 13.0 Å². The molecule has 4 nitrogen and oxygen atoms in total. The van der Waals surface area contributed by atoms with Gasteiger partial charge >= 0.3 is 0 Å². The van der Waals surface area contributed by atoms with Gasteiger partial charge in [-0.15, -0.1) is 0 Å². The molecule has 4 heterocycles. The molecule has 5 heteroatoms. The first-order valence-electron chi connectivity index (χ1n) is 7.93. The normalized spacial score (nSPS) is 28.2. The molecule has 4 rings (SSSR count). The summed E-state index contributed by atoms with van der Waals surface area (Å²) in [7, 11) is 1.71. The molecular formula is C17H23N3OS. The fraction of sp³-hybridized carbons (Fsp3) is 0.529. The van der Waals surface area contributed by atoms with Gasteiger partial charge in [-0.2, -0.15) is 11.3 Å². The van der Waals surface area contributed by atoms with Crippen LogP contribution < -0.4 is 5.32 Å². The maximum absolute atomic E-state index is 12.6. The molecule has 0 aliphatic carbocycles. The molecule has 1 amide bonds. The zero-order valence-corrected chi connectivity index (χ0v) is 13.8. The molecule has 1 aromatic heterocycles. The molecule has 1 aromatic rings. The Kier molecular flexibility index (Phi) is 5.05. The third-order valence-electron chi connectivity index (χ3n) is 4.64. The zero-order chi connectivity index (χ0) is 15.4. The summed E-state index contributed by atoms with van der Waals surface area (Å²) in [6, 6.07) is 2.39. The predicted octanol–water partition coefficient (Wildman–Crippen LogP) is 2.13. The third kappa shape index (κ3) is 3.65. The quantitative estimate of drug-likeness (QED) is 0.668. The largest absolute Gasteiger partial charge is 0.348 e. The van der Waals surface area contributed by atoms with Crippen LogP contribution in [0.3, 0.4) is 0 Å². The third-order valence-corrected chi connectivity index (χ3v) is 5.37. The highest BCUT2D eigenvalue weighted by Gasteiger charge is 2.35. The van der Waals surface area contributed by atoms with Gasteiger partial charge in [0.05, 0.1) is 5.57 Å². The van der Waals surface area contributed by atoms with Crippen molar-refractivity contribution < 1.29 is 4.79 Å². The average molecular weight is 317 g/mol. The Balaban J connectivity index is 1.63. The molecule has 3 aliphatic heterocycles. The Bertz CT molecular complexity index is 556. The highest BCUT2D eigenvalue weighted by molar-refractivity contribution is 7.07. The molecule has 1 atom stereocenters. The van der Waals surface area contributed by atoms with Crippen molar-refractivity contribution in [2.24, 2.45) is 10.9 Å². The smallest absolute Gasteiger partial charge is 0.252 e. The van der Waals surface area contributed by atoms with Gasteiger partial charge in [-0.05, 0) is 60.7 Å². The van der Waals surface area contributed by atoms with Crippen molar-refractivity contribution >= 4 is 23.5 Å². The number of amides is 1. The van der Waals surface area contributed by atoms with Crippen LogP contribution in [0.25, 0.3) is 0 Å². The molecule has 1 unspecified atom stereocenters. The van der Waals surface area contributed by atoms with E-state index < -0.39 is 0 Å². The number of fused-ring (bicyclic) bond motifs is 3. The lowest BCUT2D eigenvalue weighted by Crippen LogP contribution is -2.57. The number of piperidine rings is 3. The second kappa shape index (κ2) is 7.20. The van der Waals surface area contributed by atoms with Crippen molar-refractivity contribution in [3.05, 3.63) is 34.0 Å². The number of nitrogens with zero attached hydrogens (tertiary/aromatic N) is 2. The summed E-state index contributed by atoms with van der Waals surface area (Å²) in [5.74, 6) is 0.658. The summed E-state index contributed by atoms with van der Waals surface area (Å²) in [6.45, 7) is 3.38. The van der Waals surface area contributed by atoms with Crippen LogP contribution in [-0.4, -0.2) is 49.7 Å². The van der Waals surface area contributed by atoms with Gasteiger partial charge in [0, 0.05) is 25.8 Å². The minimum absolute atomic E-state index is 0.0135. The molecule has 2 bridgehead atoms. The van der Waals surface area contributed by atoms with Gasteiger partial charge in [0.2, 0.25) is 0 Å². The van der Waals surface area contributed by atoms with Crippen LogP contribution in [0.15, 0.2) is 33.5 Å². The summed E-state index contributed by atoms with van der Waals surface area (Å²) in [4.78, 5) is 19.0. The molecular weight excluding hydrogens is 294 g/mol. The average Bonchev–Trinajstić information content (AvgIpc) is 3.06. The molecule has 3 aliphatic rings. The molecule has 0 saturated carbocycles. The van der Waals surface area contributed by atoms with Crippen LogP contribution in [0.1, 0.15) is 18.4 Å². The summed E-state index contributed by atoms with van der Waals surface area (Å²) in [6.07, 6.45) is 6.84. The first-order valence-corrected chi connectivity index (χ1v) is 8.87. The summed E-state index contributed by atoms with van der Waals surface area (Å²) < 4.78 is 0. The lowest BCUT2D eigenvalue weighted by Gasteiger charge is -2.44. The Morgan fingerprint density at radius 1 is 1.50 bits per heavy atom. The Morgan fingerprint density at radius 2 is 2.32 bits per heavy atom. The molecule has 0 radical (unpaired) electrons. The van der Waals surface area contributed by atoms with E-state index in [4.69, 9.17) is 0 Å². The number of carbonyl (C=O) groups is 1. The van der Waals surface area contributed by atoms with Crippen molar-refractivity contribution in [2.75, 3.05) is 26.7 Å². The van der Waals surface area contributed by atoms with Gasteiger partial charge in [-0.25, -0.2) is 0 Å². The van der Waals surface area contributed by atoms with Crippen molar-refractivity contribution in [1.29, 1.82) is 0 Å². The first kappa shape index (κ1) is 15.4. The minimum Gasteiger partial charge on any atom is -0.348 e. The minimum atomic E-state index is 0.0135. The van der Waals surface area contributed by atoms with Crippen LogP contribution in [0.4, 0.5) is 0 Å². The molecule has 0 aromatic carbocycles. The standard InChI is InChI=1S/C17H23N3OS/c1-18-10-15(3-2-13-6-9-22-12-13)17(21)19-16-11-20-7-4-14(16)5-8-20/h3,6,9-10,12,14,16H,2,4-5,7-8,11H2,1H3,(H,19,21)/b15-3+,18-10?. The number of aliphatic imine (C=N–C) groups is 1. The van der Waals surface area contributed by atoms with E-state index >= 15 is 0 Å². The van der Waals surface area contributed by atoms with E-state index in [2.05, 4.69) is 32.0 Å². The molecule has 1 N–H and O–H groups in total. The van der Waals surface area contributed by atoms with Crippen molar-refractivity contribution in [2.45, 2.75) is 25.3 Å². The van der Waals surface area contributed by atoms with Gasteiger partial charge in [-0.3, -0.25) is 9.79 Å². The number of hydrogen-bond donors (Lipinski definition) is 1. The number of thiophene rings is 1. The second-order valence-corrected chi connectivity index (χ2v) is 6.88. The van der Waals surface area contributed by atoms with Gasteiger partial charge in [-0.1, -0.05) is 6.08 Å². The monoisotopic (exact) mass is 317 g/mol. The highest BCUT2D eigenvalue weighted by atomic mass is 32.1. The van der Waals surface area contributed by atoms with E-state index in [0.29, 0.717) is 17.5 Å². The number of rotatable bonds is 5. The van der Waals surface area contributed by atoms with Crippen LogP contribution in [0.2, 0.25) is 0 Å². The van der Waals surface area contributed by atoms with E-state index in [1.165, 1.54) is 31.5 Å². The van der Waals surface area contributed by atoms with E-state index in [1.807, 2.05) is 6.08 Å². The van der Waals surface area contributed by atoms with Crippen molar-refractivity contribution in [1.82, 2.24) is 10.2 Å². The van der Waals surface area contributed by atoms with Crippen LogP contribution >= 0.6 is 11.3 Å². The predicted molar refractivity (Wildman–Crippen MR) is 91.6 cm³/mol. The van der Waals surface area contributed by atoms with Gasteiger partial charge in [0.15, 0.2) is 0 Å². The SMILES string of the molecule is CN=C/C(=C\Cc1ccsc1)C(=O)NC1CN2CCC1CC2. The van der Waals surface area contributed by atoms with Crippen molar-refractivity contribution in [3.63, 3.8) is 0 Å². The summed E-state index contributed by atoms with van der Waals surface area (Å²) in [5, 5.41) is 7.40. The molecule has 22 heavy (non-hydrogen) atoms.